The third kappa shape index (κ3) is 4.50. The summed E-state index contributed by atoms with van der Waals surface area (Å²) in [6, 6.07) is 8.37. The van der Waals surface area contributed by atoms with Crippen LogP contribution in [0.25, 0.3) is 10.8 Å². The number of phenols is 1. The normalized spacial score (nSPS) is 14.9. The molecule has 0 unspecified atom stereocenters. The second-order valence-electron chi connectivity index (χ2n) is 6.09. The number of benzene rings is 2. The van der Waals surface area contributed by atoms with E-state index in [0.717, 1.165) is 38.2 Å². The molecule has 2 N–H and O–H groups in total. The summed E-state index contributed by atoms with van der Waals surface area (Å²) in [6.45, 7) is 4.47. The molecule has 1 aliphatic heterocycles. The summed E-state index contributed by atoms with van der Waals surface area (Å²) in [5.74, 6) is 0.185. The van der Waals surface area contributed by atoms with Gasteiger partial charge in [0.15, 0.2) is 12.9 Å². The highest BCUT2D eigenvalue weighted by atomic mass is 16.5. The van der Waals surface area contributed by atoms with Gasteiger partial charge in [0, 0.05) is 26.2 Å². The van der Waals surface area contributed by atoms with Gasteiger partial charge in [0.05, 0.1) is 18.8 Å². The van der Waals surface area contributed by atoms with E-state index in [2.05, 4.69) is 10.2 Å². The molecule has 0 radical (unpaired) electrons. The van der Waals surface area contributed by atoms with E-state index in [1.807, 2.05) is 0 Å². The number of aromatic hydroxyl groups is 1. The number of aldehydes is 1. The highest BCUT2D eigenvalue weighted by Gasteiger charge is 2.11. The number of ether oxygens (including phenoxy) is 2. The van der Waals surface area contributed by atoms with E-state index < -0.39 is 0 Å². The number of phenolic OH excluding ortho intramolecular Hbond substituents is 1. The van der Waals surface area contributed by atoms with E-state index >= 15 is 0 Å². The number of nitrogens with zero attached hydrogens (tertiary/aromatic N) is 1. The first-order valence-electron chi connectivity index (χ1n) is 8.58. The van der Waals surface area contributed by atoms with E-state index in [4.69, 9.17) is 9.47 Å². The Morgan fingerprint density at radius 1 is 1.27 bits per heavy atom. The molecule has 1 amide bonds. The van der Waals surface area contributed by atoms with Crippen LogP contribution in [-0.4, -0.2) is 68.2 Å². The smallest absolute Gasteiger partial charge is 0.257 e. The van der Waals surface area contributed by atoms with Crippen LogP contribution in [0.2, 0.25) is 0 Å². The van der Waals surface area contributed by atoms with Crippen LogP contribution in [-0.2, 0) is 9.53 Å². The molecule has 2 aromatic rings. The molecular formula is C19H22N2O5. The molecule has 1 fully saturated rings. The number of carbonyl (C=O) groups is 2. The molecule has 0 aliphatic carbocycles. The topological polar surface area (TPSA) is 88.1 Å². The average Bonchev–Trinajstić information content (AvgIpc) is 2.67. The van der Waals surface area contributed by atoms with Gasteiger partial charge in [-0.05, 0) is 29.0 Å². The Morgan fingerprint density at radius 2 is 2.04 bits per heavy atom. The van der Waals surface area contributed by atoms with Crippen molar-refractivity contribution < 1.29 is 24.2 Å². The summed E-state index contributed by atoms with van der Waals surface area (Å²) in [6.07, 6.45) is 0.611. The van der Waals surface area contributed by atoms with Crippen LogP contribution in [0, 0.1) is 0 Å². The molecule has 3 rings (SSSR count). The Labute approximate surface area is 151 Å². The van der Waals surface area contributed by atoms with Gasteiger partial charge in [0.1, 0.15) is 11.5 Å². The van der Waals surface area contributed by atoms with Gasteiger partial charge in [-0.2, -0.15) is 0 Å². The molecule has 138 valence electrons. The summed E-state index contributed by atoms with van der Waals surface area (Å²) in [4.78, 5) is 25.4. The molecule has 0 bridgehead atoms. The van der Waals surface area contributed by atoms with Crippen molar-refractivity contribution >= 4 is 23.0 Å². The van der Waals surface area contributed by atoms with Gasteiger partial charge in [-0.25, -0.2) is 0 Å². The fourth-order valence-corrected chi connectivity index (χ4v) is 2.90. The van der Waals surface area contributed by atoms with Crippen molar-refractivity contribution in [2.24, 2.45) is 0 Å². The predicted octanol–water partition coefficient (Wildman–Crippen LogP) is 1.19. The second kappa shape index (κ2) is 8.64. The van der Waals surface area contributed by atoms with Crippen LogP contribution in [0.3, 0.4) is 0 Å². The van der Waals surface area contributed by atoms with Crippen molar-refractivity contribution in [2.75, 3.05) is 46.0 Å². The van der Waals surface area contributed by atoms with Crippen LogP contribution < -0.4 is 10.1 Å². The molecule has 1 saturated heterocycles. The predicted molar refractivity (Wildman–Crippen MR) is 96.8 cm³/mol. The molecule has 0 atom stereocenters. The first-order chi connectivity index (χ1) is 12.7. The monoisotopic (exact) mass is 358 g/mol. The Balaban J connectivity index is 1.52. The minimum absolute atomic E-state index is 0.0782. The Bertz CT molecular complexity index is 787. The Morgan fingerprint density at radius 3 is 2.81 bits per heavy atom. The third-order valence-corrected chi connectivity index (χ3v) is 4.35. The lowest BCUT2D eigenvalue weighted by Crippen LogP contribution is -2.42. The van der Waals surface area contributed by atoms with E-state index in [1.165, 1.54) is 6.07 Å². The lowest BCUT2D eigenvalue weighted by atomic mass is 10.0. The number of morpholine rings is 1. The maximum absolute atomic E-state index is 11.9. The quantitative estimate of drug-likeness (QED) is 0.723. The molecule has 7 heteroatoms. The van der Waals surface area contributed by atoms with Crippen LogP contribution in [0.4, 0.5) is 0 Å². The van der Waals surface area contributed by atoms with Gasteiger partial charge in [-0.15, -0.1) is 0 Å². The minimum Gasteiger partial charge on any atom is -0.507 e. The zero-order chi connectivity index (χ0) is 18.4. The lowest BCUT2D eigenvalue weighted by molar-refractivity contribution is -0.123. The van der Waals surface area contributed by atoms with Gasteiger partial charge in [-0.3, -0.25) is 14.5 Å². The fraction of sp³-hybridized carbons (Fsp3) is 0.368. The third-order valence-electron chi connectivity index (χ3n) is 4.35. The number of fused-ring (bicyclic) bond motifs is 1. The molecule has 0 spiro atoms. The highest BCUT2D eigenvalue weighted by Crippen LogP contribution is 2.28. The summed E-state index contributed by atoms with van der Waals surface area (Å²) in [5, 5.41) is 14.0. The first kappa shape index (κ1) is 18.2. The lowest BCUT2D eigenvalue weighted by Gasteiger charge is -2.26. The SMILES string of the molecule is O=Cc1c(O)ccc2ccc(OCC(=O)NCCN3CCOCC3)cc12. The van der Waals surface area contributed by atoms with Crippen LogP contribution in [0.15, 0.2) is 30.3 Å². The van der Waals surface area contributed by atoms with E-state index in [0.29, 0.717) is 24.0 Å². The molecule has 2 aromatic carbocycles. The molecule has 0 aromatic heterocycles. The van der Waals surface area contributed by atoms with Gasteiger partial charge in [-0.1, -0.05) is 12.1 Å². The van der Waals surface area contributed by atoms with E-state index in [1.54, 1.807) is 24.3 Å². The number of hydrogen-bond donors (Lipinski definition) is 2. The van der Waals surface area contributed by atoms with Gasteiger partial charge in [0.2, 0.25) is 0 Å². The number of hydrogen-bond acceptors (Lipinski definition) is 6. The van der Waals surface area contributed by atoms with Gasteiger partial charge < -0.3 is 19.9 Å². The van der Waals surface area contributed by atoms with Crippen LogP contribution in [0.5, 0.6) is 11.5 Å². The van der Waals surface area contributed by atoms with Gasteiger partial charge in [0.25, 0.3) is 5.91 Å². The molecule has 7 nitrogen and oxygen atoms in total. The highest BCUT2D eigenvalue weighted by molar-refractivity contribution is 6.01. The zero-order valence-electron chi connectivity index (χ0n) is 14.4. The van der Waals surface area contributed by atoms with Crippen molar-refractivity contribution in [1.82, 2.24) is 10.2 Å². The van der Waals surface area contributed by atoms with Crippen molar-refractivity contribution in [2.45, 2.75) is 0 Å². The summed E-state index contributed by atoms with van der Waals surface area (Å²) in [5.41, 5.74) is 0.211. The minimum atomic E-state index is -0.204. The van der Waals surface area contributed by atoms with Crippen molar-refractivity contribution in [3.8, 4) is 11.5 Å². The summed E-state index contributed by atoms with van der Waals surface area (Å²) < 4.78 is 10.8. The number of rotatable bonds is 7. The number of carbonyl (C=O) groups excluding carboxylic acids is 2. The fourth-order valence-electron chi connectivity index (χ4n) is 2.90. The Kier molecular flexibility index (Phi) is 6.04. The maximum atomic E-state index is 11.9. The largest absolute Gasteiger partial charge is 0.507 e. The summed E-state index contributed by atoms with van der Waals surface area (Å²) >= 11 is 0. The van der Waals surface area contributed by atoms with Crippen LogP contribution in [0.1, 0.15) is 10.4 Å². The molecule has 1 aliphatic rings. The second-order valence-corrected chi connectivity index (χ2v) is 6.09. The molecular weight excluding hydrogens is 336 g/mol. The first-order valence-corrected chi connectivity index (χ1v) is 8.58. The number of amides is 1. The Hall–Kier alpha value is -2.64. The molecule has 0 saturated carbocycles. The van der Waals surface area contributed by atoms with Crippen molar-refractivity contribution in [1.29, 1.82) is 0 Å². The average molecular weight is 358 g/mol. The van der Waals surface area contributed by atoms with Crippen molar-refractivity contribution in [3.63, 3.8) is 0 Å². The van der Waals surface area contributed by atoms with E-state index in [-0.39, 0.29) is 23.8 Å². The number of nitrogens with one attached hydrogen (secondary N) is 1. The summed E-state index contributed by atoms with van der Waals surface area (Å²) in [7, 11) is 0. The van der Waals surface area contributed by atoms with Crippen LogP contribution >= 0.6 is 0 Å². The standard InChI is InChI=1S/C19H22N2O5/c22-12-17-16-11-15(3-1-14(16)2-4-18(17)23)26-13-19(24)20-5-6-21-7-9-25-10-8-21/h1-4,11-12,23H,5-10,13H2,(H,20,24). The molecule has 26 heavy (non-hydrogen) atoms. The zero-order valence-corrected chi connectivity index (χ0v) is 14.4. The van der Waals surface area contributed by atoms with Crippen molar-refractivity contribution in [3.05, 3.63) is 35.9 Å². The van der Waals surface area contributed by atoms with Gasteiger partial charge >= 0.3 is 0 Å². The molecule has 1 heterocycles. The maximum Gasteiger partial charge on any atom is 0.257 e. The van der Waals surface area contributed by atoms with E-state index in [9.17, 15) is 14.7 Å².